The first-order chi connectivity index (χ1) is 13.1. The van der Waals surface area contributed by atoms with Gasteiger partial charge in [-0.25, -0.2) is 0 Å². The number of carbonyl (C=O) groups is 2. The van der Waals surface area contributed by atoms with Crippen molar-refractivity contribution in [2.45, 2.75) is 6.42 Å². The van der Waals surface area contributed by atoms with E-state index in [4.69, 9.17) is 15.3 Å². The summed E-state index contributed by atoms with van der Waals surface area (Å²) in [4.78, 5) is 25.8. The predicted octanol–water partition coefficient (Wildman–Crippen LogP) is 3.18. The zero-order chi connectivity index (χ0) is 19.2. The van der Waals surface area contributed by atoms with Crippen LogP contribution in [0.4, 0.5) is 0 Å². The number of ether oxygens (including phenoxy) is 1. The van der Waals surface area contributed by atoms with Crippen molar-refractivity contribution >= 4 is 17.9 Å². The minimum Gasteiger partial charge on any atom is -0.494 e. The Bertz CT molecular complexity index is 944. The Labute approximate surface area is 156 Å². The van der Waals surface area contributed by atoms with E-state index in [1.807, 2.05) is 0 Å². The molecule has 3 rings (SSSR count). The van der Waals surface area contributed by atoms with E-state index in [9.17, 15) is 9.59 Å². The number of benzene rings is 2. The van der Waals surface area contributed by atoms with E-state index < -0.39 is 0 Å². The van der Waals surface area contributed by atoms with Crippen LogP contribution in [0, 0.1) is 22.7 Å². The molecule has 27 heavy (non-hydrogen) atoms. The van der Waals surface area contributed by atoms with Crippen LogP contribution in [-0.4, -0.2) is 29.9 Å². The molecular weight excluding hydrogens is 342 g/mol. The second-order valence-electron chi connectivity index (χ2n) is 5.86. The van der Waals surface area contributed by atoms with E-state index in [0.717, 1.165) is 5.56 Å². The van der Waals surface area contributed by atoms with Crippen molar-refractivity contribution in [1.29, 1.82) is 10.5 Å². The molecule has 6 heteroatoms. The number of hydrogen-bond donors (Lipinski definition) is 0. The lowest BCUT2D eigenvalue weighted by Gasteiger charge is -2.14. The van der Waals surface area contributed by atoms with E-state index in [0.29, 0.717) is 36.4 Å². The second kappa shape index (κ2) is 7.99. The van der Waals surface area contributed by atoms with E-state index in [1.165, 1.54) is 11.0 Å². The van der Waals surface area contributed by atoms with Crippen molar-refractivity contribution in [3.63, 3.8) is 0 Å². The summed E-state index contributed by atoms with van der Waals surface area (Å²) in [6.45, 7) is 0.644. The Morgan fingerprint density at radius 3 is 2.11 bits per heavy atom. The number of carbonyl (C=O) groups excluding carboxylic acids is 2. The molecule has 0 unspecified atom stereocenters. The van der Waals surface area contributed by atoms with Crippen molar-refractivity contribution in [3.05, 3.63) is 70.8 Å². The number of imide groups is 1. The summed E-state index contributed by atoms with van der Waals surface area (Å²) >= 11 is 0. The molecule has 0 fully saturated rings. The predicted molar refractivity (Wildman–Crippen MR) is 97.6 cm³/mol. The molecule has 1 heterocycles. The van der Waals surface area contributed by atoms with Crippen LogP contribution in [0.5, 0.6) is 5.75 Å². The summed E-state index contributed by atoms with van der Waals surface area (Å²) in [5.74, 6) is 0.0973. The zero-order valence-electron chi connectivity index (χ0n) is 14.4. The van der Waals surface area contributed by atoms with Crippen molar-refractivity contribution in [1.82, 2.24) is 4.90 Å². The van der Waals surface area contributed by atoms with Crippen molar-refractivity contribution in [2.75, 3.05) is 13.2 Å². The average Bonchev–Trinajstić information content (AvgIpc) is 2.95. The summed E-state index contributed by atoms with van der Waals surface area (Å²) in [6.07, 6.45) is 2.01. The quantitative estimate of drug-likeness (QED) is 0.449. The van der Waals surface area contributed by atoms with Gasteiger partial charge in [0.25, 0.3) is 11.8 Å². The Morgan fingerprint density at radius 1 is 0.963 bits per heavy atom. The summed E-state index contributed by atoms with van der Waals surface area (Å²) in [5, 5.41) is 17.5. The van der Waals surface area contributed by atoms with Crippen LogP contribution in [-0.2, 0) is 0 Å². The Morgan fingerprint density at radius 2 is 1.56 bits per heavy atom. The minimum absolute atomic E-state index is 0.0320. The lowest BCUT2D eigenvalue weighted by molar-refractivity contribution is 0.0647. The summed E-state index contributed by atoms with van der Waals surface area (Å²) in [5.41, 5.74) is 1.65. The highest BCUT2D eigenvalue weighted by atomic mass is 16.5. The SMILES string of the molecule is N#CC(C#N)=Cc1ccc(OCCCN2C(=O)c3ccccc3C2=O)cc1. The minimum atomic E-state index is -0.266. The van der Waals surface area contributed by atoms with E-state index in [2.05, 4.69) is 0 Å². The number of nitrogens with zero attached hydrogens (tertiary/aromatic N) is 3. The van der Waals surface area contributed by atoms with Crippen LogP contribution in [0.15, 0.2) is 54.1 Å². The monoisotopic (exact) mass is 357 g/mol. The number of allylic oxidation sites excluding steroid dienone is 1. The molecule has 6 nitrogen and oxygen atoms in total. The first kappa shape index (κ1) is 17.9. The molecular formula is C21H15N3O3. The zero-order valence-corrected chi connectivity index (χ0v) is 14.4. The van der Waals surface area contributed by atoms with Crippen LogP contribution in [0.25, 0.3) is 6.08 Å². The van der Waals surface area contributed by atoms with E-state index >= 15 is 0 Å². The third-order valence-corrected chi connectivity index (χ3v) is 4.10. The van der Waals surface area contributed by atoms with Gasteiger partial charge in [-0.05, 0) is 42.3 Å². The Balaban J connectivity index is 1.51. The van der Waals surface area contributed by atoms with Crippen LogP contribution < -0.4 is 4.74 Å². The maximum atomic E-state index is 12.3. The molecule has 1 aliphatic heterocycles. The van der Waals surface area contributed by atoms with Gasteiger partial charge in [0.05, 0.1) is 17.7 Å². The standard InChI is InChI=1S/C21H15N3O3/c22-13-16(14-23)12-15-6-8-17(9-7-15)27-11-3-10-24-20(25)18-4-1-2-5-19(18)21(24)26/h1-2,4-9,12H,3,10-11H2. The molecule has 0 bridgehead atoms. The molecule has 0 saturated heterocycles. The first-order valence-corrected chi connectivity index (χ1v) is 8.34. The molecule has 2 aromatic carbocycles. The fourth-order valence-electron chi connectivity index (χ4n) is 2.77. The molecule has 0 aromatic heterocycles. The van der Waals surface area contributed by atoms with Gasteiger partial charge in [0, 0.05) is 6.54 Å². The molecule has 0 N–H and O–H groups in total. The fraction of sp³-hybridized carbons (Fsp3) is 0.143. The van der Waals surface area contributed by atoms with Gasteiger partial charge in [0.1, 0.15) is 23.5 Å². The smallest absolute Gasteiger partial charge is 0.261 e. The normalized spacial score (nSPS) is 12.1. The lowest BCUT2D eigenvalue weighted by Crippen LogP contribution is -2.31. The molecule has 1 aliphatic rings. The number of amides is 2. The molecule has 0 aliphatic carbocycles. The molecule has 0 saturated carbocycles. The van der Waals surface area contributed by atoms with E-state index in [1.54, 1.807) is 60.7 Å². The van der Waals surface area contributed by atoms with Gasteiger partial charge in [0.2, 0.25) is 0 Å². The van der Waals surface area contributed by atoms with Crippen molar-refractivity contribution in [3.8, 4) is 17.9 Å². The van der Waals surface area contributed by atoms with Gasteiger partial charge in [-0.1, -0.05) is 24.3 Å². The van der Waals surface area contributed by atoms with Gasteiger partial charge in [-0.2, -0.15) is 10.5 Å². The van der Waals surface area contributed by atoms with Gasteiger partial charge < -0.3 is 4.74 Å². The molecule has 0 atom stereocenters. The first-order valence-electron chi connectivity index (χ1n) is 8.34. The van der Waals surface area contributed by atoms with Crippen LogP contribution >= 0.6 is 0 Å². The van der Waals surface area contributed by atoms with Gasteiger partial charge in [-0.3, -0.25) is 14.5 Å². The van der Waals surface area contributed by atoms with Crippen molar-refractivity contribution in [2.24, 2.45) is 0 Å². The van der Waals surface area contributed by atoms with Gasteiger partial charge in [-0.15, -0.1) is 0 Å². The lowest BCUT2D eigenvalue weighted by atomic mass is 10.1. The molecule has 132 valence electrons. The third kappa shape index (κ3) is 3.86. The highest BCUT2D eigenvalue weighted by Gasteiger charge is 2.34. The summed E-state index contributed by atoms with van der Waals surface area (Å²) < 4.78 is 5.63. The van der Waals surface area contributed by atoms with Crippen LogP contribution in [0.3, 0.4) is 0 Å². The molecule has 0 spiro atoms. The number of hydrogen-bond acceptors (Lipinski definition) is 5. The average molecular weight is 357 g/mol. The summed E-state index contributed by atoms with van der Waals surface area (Å²) in [7, 11) is 0. The van der Waals surface area contributed by atoms with Crippen molar-refractivity contribution < 1.29 is 14.3 Å². The number of rotatable bonds is 6. The fourth-order valence-corrected chi connectivity index (χ4v) is 2.77. The maximum Gasteiger partial charge on any atom is 0.261 e. The number of nitriles is 2. The van der Waals surface area contributed by atoms with Crippen LogP contribution in [0.2, 0.25) is 0 Å². The number of fused-ring (bicyclic) bond motifs is 1. The van der Waals surface area contributed by atoms with E-state index in [-0.39, 0.29) is 17.4 Å². The largest absolute Gasteiger partial charge is 0.494 e. The maximum absolute atomic E-state index is 12.3. The highest BCUT2D eigenvalue weighted by molar-refractivity contribution is 6.21. The third-order valence-electron chi connectivity index (χ3n) is 4.10. The highest BCUT2D eigenvalue weighted by Crippen LogP contribution is 2.22. The molecule has 2 aromatic rings. The van der Waals surface area contributed by atoms with Crippen LogP contribution in [0.1, 0.15) is 32.7 Å². The Kier molecular flexibility index (Phi) is 5.30. The molecule has 0 radical (unpaired) electrons. The molecule has 2 amide bonds. The second-order valence-corrected chi connectivity index (χ2v) is 5.86. The summed E-state index contributed by atoms with van der Waals surface area (Å²) in [6, 6.07) is 17.4. The topological polar surface area (TPSA) is 94.2 Å². The van der Waals surface area contributed by atoms with Gasteiger partial charge in [0.15, 0.2) is 0 Å². The Hall–Kier alpha value is -3.90. The van der Waals surface area contributed by atoms with Gasteiger partial charge >= 0.3 is 0 Å².